The van der Waals surface area contributed by atoms with Gasteiger partial charge in [-0.05, 0) is 51.0 Å². The first-order valence-corrected chi connectivity index (χ1v) is 10.4. The van der Waals surface area contributed by atoms with E-state index in [0.717, 1.165) is 24.3 Å². The SMILES string of the molecule is Cc1ccc(S[C@@H](C)C(=O)Nc2ccccc2C(=O)NC[C@@H]2CCCO2)cc1. The summed E-state index contributed by atoms with van der Waals surface area (Å²) in [7, 11) is 0. The summed E-state index contributed by atoms with van der Waals surface area (Å²) in [6.45, 7) is 5.13. The molecule has 0 aliphatic carbocycles. The van der Waals surface area contributed by atoms with Crippen LogP contribution in [-0.2, 0) is 9.53 Å². The van der Waals surface area contributed by atoms with Gasteiger partial charge in [0.05, 0.1) is 22.6 Å². The highest BCUT2D eigenvalue weighted by Gasteiger charge is 2.20. The molecule has 0 bridgehead atoms. The molecule has 2 N–H and O–H groups in total. The number of rotatable bonds is 7. The first-order chi connectivity index (χ1) is 13.5. The molecule has 2 aromatic carbocycles. The van der Waals surface area contributed by atoms with Crippen molar-refractivity contribution in [2.75, 3.05) is 18.5 Å². The van der Waals surface area contributed by atoms with Gasteiger partial charge in [0.15, 0.2) is 0 Å². The zero-order chi connectivity index (χ0) is 19.9. The normalized spacial score (nSPS) is 17.1. The van der Waals surface area contributed by atoms with Crippen LogP contribution in [0.1, 0.15) is 35.7 Å². The van der Waals surface area contributed by atoms with Crippen LogP contribution in [0.5, 0.6) is 0 Å². The predicted molar refractivity (Wildman–Crippen MR) is 113 cm³/mol. The van der Waals surface area contributed by atoms with Gasteiger partial charge in [-0.1, -0.05) is 29.8 Å². The fourth-order valence-electron chi connectivity index (χ4n) is 3.01. The van der Waals surface area contributed by atoms with E-state index in [-0.39, 0.29) is 23.2 Å². The number of ether oxygens (including phenoxy) is 1. The minimum Gasteiger partial charge on any atom is -0.376 e. The van der Waals surface area contributed by atoms with E-state index in [1.807, 2.05) is 44.2 Å². The number of hydrogen-bond acceptors (Lipinski definition) is 4. The molecule has 0 aromatic heterocycles. The number of amides is 2. The topological polar surface area (TPSA) is 67.4 Å². The van der Waals surface area contributed by atoms with Crippen molar-refractivity contribution in [2.45, 2.75) is 42.9 Å². The second-order valence-electron chi connectivity index (χ2n) is 6.95. The van der Waals surface area contributed by atoms with E-state index in [1.165, 1.54) is 17.3 Å². The molecule has 148 valence electrons. The minimum atomic E-state index is -0.286. The summed E-state index contributed by atoms with van der Waals surface area (Å²) in [5.41, 5.74) is 2.17. The molecule has 1 aliphatic rings. The summed E-state index contributed by atoms with van der Waals surface area (Å²) in [4.78, 5) is 26.3. The standard InChI is InChI=1S/C22H26N2O3S/c1-15-9-11-18(12-10-15)28-16(2)21(25)24-20-8-4-3-7-19(20)22(26)23-14-17-6-5-13-27-17/h3-4,7-12,16-17H,5-6,13-14H2,1-2H3,(H,23,26)(H,24,25)/t16-,17-/m0/s1. The Kier molecular flexibility index (Phi) is 7.12. The second kappa shape index (κ2) is 9.75. The molecule has 2 amide bonds. The molecule has 1 heterocycles. The van der Waals surface area contributed by atoms with Crippen LogP contribution >= 0.6 is 11.8 Å². The molecular formula is C22H26N2O3S. The number of carbonyl (C=O) groups excluding carboxylic acids is 2. The molecular weight excluding hydrogens is 372 g/mol. The Morgan fingerprint density at radius 2 is 1.93 bits per heavy atom. The van der Waals surface area contributed by atoms with Crippen molar-refractivity contribution < 1.29 is 14.3 Å². The van der Waals surface area contributed by atoms with Crippen LogP contribution < -0.4 is 10.6 Å². The quantitative estimate of drug-likeness (QED) is 0.691. The van der Waals surface area contributed by atoms with E-state index >= 15 is 0 Å². The van der Waals surface area contributed by atoms with Gasteiger partial charge >= 0.3 is 0 Å². The molecule has 0 saturated carbocycles. The van der Waals surface area contributed by atoms with Crippen molar-refractivity contribution in [1.29, 1.82) is 0 Å². The average molecular weight is 399 g/mol. The maximum Gasteiger partial charge on any atom is 0.253 e. The summed E-state index contributed by atoms with van der Waals surface area (Å²) in [6, 6.07) is 15.2. The number of nitrogens with one attached hydrogen (secondary N) is 2. The number of aryl methyl sites for hydroxylation is 1. The van der Waals surface area contributed by atoms with Crippen LogP contribution in [0.2, 0.25) is 0 Å². The maximum atomic E-state index is 12.6. The van der Waals surface area contributed by atoms with Gasteiger partial charge in [0.25, 0.3) is 5.91 Å². The fraction of sp³-hybridized carbons (Fsp3) is 0.364. The number of hydrogen-bond donors (Lipinski definition) is 2. The molecule has 2 atom stereocenters. The van der Waals surface area contributed by atoms with Crippen molar-refractivity contribution in [3.63, 3.8) is 0 Å². The molecule has 0 spiro atoms. The highest BCUT2D eigenvalue weighted by molar-refractivity contribution is 8.00. The lowest BCUT2D eigenvalue weighted by molar-refractivity contribution is -0.115. The van der Waals surface area contributed by atoms with Gasteiger partial charge in [-0.25, -0.2) is 0 Å². The Morgan fingerprint density at radius 1 is 1.18 bits per heavy atom. The lowest BCUT2D eigenvalue weighted by Crippen LogP contribution is -2.32. The summed E-state index contributed by atoms with van der Waals surface area (Å²) in [5.74, 6) is -0.338. The first kappa shape index (κ1) is 20.4. The maximum absolute atomic E-state index is 12.6. The van der Waals surface area contributed by atoms with E-state index in [4.69, 9.17) is 4.74 Å². The highest BCUT2D eigenvalue weighted by atomic mass is 32.2. The second-order valence-corrected chi connectivity index (χ2v) is 8.37. The van der Waals surface area contributed by atoms with Crippen molar-refractivity contribution in [3.8, 4) is 0 Å². The van der Waals surface area contributed by atoms with E-state index in [9.17, 15) is 9.59 Å². The van der Waals surface area contributed by atoms with E-state index in [1.54, 1.807) is 18.2 Å². The third-order valence-corrected chi connectivity index (χ3v) is 5.76. The minimum absolute atomic E-state index is 0.0802. The molecule has 2 aromatic rings. The van der Waals surface area contributed by atoms with Crippen LogP contribution in [-0.4, -0.2) is 36.3 Å². The first-order valence-electron chi connectivity index (χ1n) is 9.56. The lowest BCUT2D eigenvalue weighted by atomic mass is 10.1. The van der Waals surface area contributed by atoms with Gasteiger partial charge in [0.1, 0.15) is 0 Å². The van der Waals surface area contributed by atoms with E-state index in [0.29, 0.717) is 17.8 Å². The van der Waals surface area contributed by atoms with Crippen LogP contribution in [0.25, 0.3) is 0 Å². The van der Waals surface area contributed by atoms with Crippen molar-refractivity contribution in [1.82, 2.24) is 5.32 Å². The molecule has 0 radical (unpaired) electrons. The summed E-state index contributed by atoms with van der Waals surface area (Å²) >= 11 is 1.49. The monoisotopic (exact) mass is 398 g/mol. The molecule has 1 aliphatic heterocycles. The predicted octanol–water partition coefficient (Wildman–Crippen LogP) is 4.02. The van der Waals surface area contributed by atoms with Gasteiger partial charge in [-0.15, -0.1) is 11.8 Å². The fourth-order valence-corrected chi connectivity index (χ4v) is 3.87. The van der Waals surface area contributed by atoms with Crippen molar-refractivity contribution in [3.05, 3.63) is 59.7 Å². The number of para-hydroxylation sites is 1. The van der Waals surface area contributed by atoms with Crippen molar-refractivity contribution in [2.24, 2.45) is 0 Å². The summed E-state index contributed by atoms with van der Waals surface area (Å²) in [6.07, 6.45) is 2.08. The Balaban J connectivity index is 1.60. The van der Waals surface area contributed by atoms with E-state index in [2.05, 4.69) is 10.6 Å². The molecule has 1 fully saturated rings. The smallest absolute Gasteiger partial charge is 0.253 e. The van der Waals surface area contributed by atoms with Crippen LogP contribution in [0.3, 0.4) is 0 Å². The van der Waals surface area contributed by atoms with Gasteiger partial charge < -0.3 is 15.4 Å². The number of carbonyl (C=O) groups is 2. The third kappa shape index (κ3) is 5.59. The van der Waals surface area contributed by atoms with Crippen LogP contribution in [0, 0.1) is 6.92 Å². The Morgan fingerprint density at radius 3 is 2.64 bits per heavy atom. The highest BCUT2D eigenvalue weighted by Crippen LogP contribution is 2.25. The van der Waals surface area contributed by atoms with Crippen LogP contribution in [0.15, 0.2) is 53.4 Å². The Bertz CT molecular complexity index is 817. The van der Waals surface area contributed by atoms with Gasteiger partial charge in [0.2, 0.25) is 5.91 Å². The molecule has 5 nitrogen and oxygen atoms in total. The molecule has 3 rings (SSSR count). The van der Waals surface area contributed by atoms with Gasteiger partial charge in [0, 0.05) is 18.0 Å². The number of benzene rings is 2. The summed E-state index contributed by atoms with van der Waals surface area (Å²) < 4.78 is 5.54. The zero-order valence-corrected chi connectivity index (χ0v) is 17.1. The zero-order valence-electron chi connectivity index (χ0n) is 16.2. The third-order valence-electron chi connectivity index (χ3n) is 4.65. The average Bonchev–Trinajstić information content (AvgIpc) is 3.22. The van der Waals surface area contributed by atoms with Crippen molar-refractivity contribution >= 4 is 29.3 Å². The summed E-state index contributed by atoms with van der Waals surface area (Å²) in [5, 5.41) is 5.52. The molecule has 0 unspecified atom stereocenters. The van der Waals surface area contributed by atoms with Crippen LogP contribution in [0.4, 0.5) is 5.69 Å². The largest absolute Gasteiger partial charge is 0.376 e. The molecule has 28 heavy (non-hydrogen) atoms. The Labute approximate surface area is 170 Å². The molecule has 1 saturated heterocycles. The van der Waals surface area contributed by atoms with Gasteiger partial charge in [-0.3, -0.25) is 9.59 Å². The Hall–Kier alpha value is -2.31. The van der Waals surface area contributed by atoms with Gasteiger partial charge in [-0.2, -0.15) is 0 Å². The van der Waals surface area contributed by atoms with E-state index < -0.39 is 0 Å². The number of anilines is 1. The number of thioether (sulfide) groups is 1. The lowest BCUT2D eigenvalue weighted by Gasteiger charge is -2.16. The molecule has 6 heteroatoms.